The van der Waals surface area contributed by atoms with Gasteiger partial charge in [0.25, 0.3) is 10.0 Å². The summed E-state index contributed by atoms with van der Waals surface area (Å²) in [5, 5.41) is 0.651. The first kappa shape index (κ1) is 16.7. The van der Waals surface area contributed by atoms with Crippen molar-refractivity contribution in [3.05, 3.63) is 49.5 Å². The number of nitrogens with one attached hydrogen (secondary N) is 1. The van der Waals surface area contributed by atoms with E-state index in [1.54, 1.807) is 25.1 Å². The fourth-order valence-electron chi connectivity index (χ4n) is 1.65. The molecule has 0 bridgehead atoms. The van der Waals surface area contributed by atoms with Gasteiger partial charge in [-0.25, -0.2) is 8.42 Å². The second kappa shape index (κ2) is 6.20. The van der Waals surface area contributed by atoms with E-state index in [1.165, 1.54) is 12.1 Å². The van der Waals surface area contributed by atoms with Crippen molar-refractivity contribution in [3.8, 4) is 0 Å². The Kier molecular flexibility index (Phi) is 4.92. The number of anilines is 2. The summed E-state index contributed by atoms with van der Waals surface area (Å²) >= 11 is 13.9. The van der Waals surface area contributed by atoms with Crippen molar-refractivity contribution < 1.29 is 8.42 Å². The molecule has 2 aromatic rings. The van der Waals surface area contributed by atoms with Crippen LogP contribution in [0, 0.1) is 10.5 Å². The Labute approximate surface area is 146 Å². The van der Waals surface area contributed by atoms with Crippen LogP contribution in [0.3, 0.4) is 0 Å². The van der Waals surface area contributed by atoms with Crippen molar-refractivity contribution in [2.24, 2.45) is 0 Å². The van der Waals surface area contributed by atoms with Crippen molar-refractivity contribution >= 4 is 67.2 Å². The normalized spacial score (nSPS) is 11.4. The van der Waals surface area contributed by atoms with Crippen molar-refractivity contribution in [3.63, 3.8) is 0 Å². The standard InChI is InChI=1S/C13H11Cl2IN2O2S/c1-7-4-9(15)13(6-11(7)17)21(19,20)18-12-3-2-8(14)5-10(12)16/h2-6,18H,17H2,1H3. The van der Waals surface area contributed by atoms with Crippen molar-refractivity contribution in [2.45, 2.75) is 11.8 Å². The molecule has 0 saturated carbocycles. The van der Waals surface area contributed by atoms with Gasteiger partial charge < -0.3 is 5.73 Å². The van der Waals surface area contributed by atoms with E-state index in [1.807, 2.05) is 22.6 Å². The Morgan fingerprint density at radius 1 is 1.19 bits per heavy atom. The fourth-order valence-corrected chi connectivity index (χ4v) is 4.53. The molecule has 0 saturated heterocycles. The van der Waals surface area contributed by atoms with Gasteiger partial charge >= 0.3 is 0 Å². The predicted molar refractivity (Wildman–Crippen MR) is 95.6 cm³/mol. The summed E-state index contributed by atoms with van der Waals surface area (Å²) in [5.74, 6) is 0. The summed E-state index contributed by atoms with van der Waals surface area (Å²) in [6.07, 6.45) is 0. The highest BCUT2D eigenvalue weighted by molar-refractivity contribution is 14.1. The molecule has 0 aromatic heterocycles. The lowest BCUT2D eigenvalue weighted by molar-refractivity contribution is 0.601. The third-order valence-corrected chi connectivity index (χ3v) is 5.74. The van der Waals surface area contributed by atoms with E-state index in [0.717, 1.165) is 5.56 Å². The van der Waals surface area contributed by atoms with Crippen molar-refractivity contribution in [1.29, 1.82) is 0 Å². The lowest BCUT2D eigenvalue weighted by Crippen LogP contribution is -2.15. The number of aryl methyl sites for hydroxylation is 1. The van der Waals surface area contributed by atoms with E-state index in [2.05, 4.69) is 4.72 Å². The predicted octanol–water partition coefficient (Wildman–Crippen LogP) is 4.29. The minimum Gasteiger partial charge on any atom is -0.398 e. The molecule has 0 aliphatic heterocycles. The number of sulfonamides is 1. The average Bonchev–Trinajstić information content (AvgIpc) is 2.37. The van der Waals surface area contributed by atoms with Gasteiger partial charge in [0.05, 0.1) is 10.7 Å². The highest BCUT2D eigenvalue weighted by Gasteiger charge is 2.20. The van der Waals surface area contributed by atoms with Gasteiger partial charge in [-0.3, -0.25) is 4.72 Å². The highest BCUT2D eigenvalue weighted by atomic mass is 127. The molecule has 8 heteroatoms. The molecule has 0 radical (unpaired) electrons. The molecule has 21 heavy (non-hydrogen) atoms. The fraction of sp³-hybridized carbons (Fsp3) is 0.0769. The van der Waals surface area contributed by atoms with Gasteiger partial charge in [-0.1, -0.05) is 23.2 Å². The Bertz CT molecular complexity index is 810. The first-order valence-corrected chi connectivity index (χ1v) is 9.06. The zero-order valence-corrected chi connectivity index (χ0v) is 15.3. The van der Waals surface area contributed by atoms with E-state index in [-0.39, 0.29) is 9.92 Å². The number of halogens is 3. The summed E-state index contributed by atoms with van der Waals surface area (Å²) in [7, 11) is -3.83. The summed E-state index contributed by atoms with van der Waals surface area (Å²) in [6.45, 7) is 1.76. The van der Waals surface area contributed by atoms with Gasteiger partial charge in [-0.2, -0.15) is 0 Å². The lowest BCUT2D eigenvalue weighted by Gasteiger charge is -2.12. The van der Waals surface area contributed by atoms with Crippen LogP contribution in [0.5, 0.6) is 0 Å². The van der Waals surface area contributed by atoms with Gasteiger partial charge in [0.1, 0.15) is 4.90 Å². The number of nitrogen functional groups attached to an aromatic ring is 1. The number of rotatable bonds is 3. The smallest absolute Gasteiger partial charge is 0.263 e. The van der Waals surface area contributed by atoms with Gasteiger partial charge in [-0.05, 0) is 65.4 Å². The van der Waals surface area contributed by atoms with Crippen LogP contribution in [-0.2, 0) is 10.0 Å². The van der Waals surface area contributed by atoms with Gasteiger partial charge in [0, 0.05) is 14.3 Å². The molecular weight excluding hydrogens is 446 g/mol. The first-order valence-electron chi connectivity index (χ1n) is 5.74. The Morgan fingerprint density at radius 2 is 1.86 bits per heavy atom. The summed E-state index contributed by atoms with van der Waals surface area (Å²) in [5.41, 5.74) is 7.27. The van der Waals surface area contributed by atoms with Crippen molar-refractivity contribution in [2.75, 3.05) is 10.5 Å². The number of benzene rings is 2. The van der Waals surface area contributed by atoms with Crippen LogP contribution >= 0.6 is 45.8 Å². The van der Waals surface area contributed by atoms with Crippen LogP contribution in [0.25, 0.3) is 0 Å². The minimum absolute atomic E-state index is 0.0574. The first-order chi connectivity index (χ1) is 9.70. The molecule has 0 aliphatic rings. The Balaban J connectivity index is 2.46. The Morgan fingerprint density at radius 3 is 2.48 bits per heavy atom. The van der Waals surface area contributed by atoms with Gasteiger partial charge in [-0.15, -0.1) is 0 Å². The molecule has 0 atom stereocenters. The quantitative estimate of drug-likeness (QED) is 0.534. The van der Waals surface area contributed by atoms with Crippen molar-refractivity contribution in [1.82, 2.24) is 0 Å². The number of nitrogens with two attached hydrogens (primary N) is 1. The molecule has 112 valence electrons. The average molecular weight is 457 g/mol. The second-order valence-corrected chi connectivity index (χ2v) is 8.03. The van der Waals surface area contributed by atoms with Crippen LogP contribution < -0.4 is 10.5 Å². The van der Waals surface area contributed by atoms with Crippen LogP contribution in [0.4, 0.5) is 11.4 Å². The highest BCUT2D eigenvalue weighted by Crippen LogP contribution is 2.30. The zero-order chi connectivity index (χ0) is 15.8. The maximum atomic E-state index is 12.4. The molecule has 0 aliphatic carbocycles. The molecule has 0 heterocycles. The van der Waals surface area contributed by atoms with Crippen LogP contribution in [0.1, 0.15) is 5.56 Å². The Hall–Kier alpha value is -0.700. The van der Waals surface area contributed by atoms with Gasteiger partial charge in [0.15, 0.2) is 0 Å². The van der Waals surface area contributed by atoms with E-state index in [4.69, 9.17) is 28.9 Å². The molecular formula is C13H11Cl2IN2O2S. The molecule has 0 fully saturated rings. The topological polar surface area (TPSA) is 72.2 Å². The number of hydrogen-bond donors (Lipinski definition) is 2. The molecule has 4 nitrogen and oxygen atoms in total. The maximum Gasteiger partial charge on any atom is 0.263 e. The summed E-state index contributed by atoms with van der Waals surface area (Å²) in [6, 6.07) is 7.73. The molecule has 0 spiro atoms. The zero-order valence-electron chi connectivity index (χ0n) is 10.8. The third-order valence-electron chi connectivity index (χ3n) is 2.79. The SMILES string of the molecule is Cc1cc(Cl)c(S(=O)(=O)Nc2ccc(Cl)cc2I)cc1N. The van der Waals surface area contributed by atoms with Crippen LogP contribution in [0.2, 0.25) is 10.0 Å². The minimum atomic E-state index is -3.83. The molecule has 2 aromatic carbocycles. The van der Waals surface area contributed by atoms with Crippen LogP contribution in [-0.4, -0.2) is 8.42 Å². The largest absolute Gasteiger partial charge is 0.398 e. The van der Waals surface area contributed by atoms with Gasteiger partial charge in [0.2, 0.25) is 0 Å². The molecule has 2 rings (SSSR count). The lowest BCUT2D eigenvalue weighted by atomic mass is 10.2. The summed E-state index contributed by atoms with van der Waals surface area (Å²) in [4.78, 5) is -0.0574. The van der Waals surface area contributed by atoms with Crippen LogP contribution in [0.15, 0.2) is 35.2 Å². The molecule has 3 N–H and O–H groups in total. The maximum absolute atomic E-state index is 12.4. The second-order valence-electron chi connectivity index (χ2n) is 4.37. The third kappa shape index (κ3) is 3.74. The van der Waals surface area contributed by atoms with E-state index in [0.29, 0.717) is 20.0 Å². The van der Waals surface area contributed by atoms with E-state index < -0.39 is 10.0 Å². The molecule has 0 amide bonds. The van der Waals surface area contributed by atoms with E-state index in [9.17, 15) is 8.42 Å². The molecule has 0 unspecified atom stereocenters. The summed E-state index contributed by atoms with van der Waals surface area (Å²) < 4.78 is 28.0. The van der Waals surface area contributed by atoms with E-state index >= 15 is 0 Å². The monoisotopic (exact) mass is 456 g/mol. The number of hydrogen-bond acceptors (Lipinski definition) is 3.